The molecule has 0 aliphatic carbocycles. The first-order valence-corrected chi connectivity index (χ1v) is 7.94. The summed E-state index contributed by atoms with van der Waals surface area (Å²) in [4.78, 5) is 11.8. The van der Waals surface area contributed by atoms with E-state index in [2.05, 4.69) is 5.32 Å². The summed E-state index contributed by atoms with van der Waals surface area (Å²) in [7, 11) is -0.434. The smallest absolute Gasteiger partial charge is 0.267 e. The highest BCUT2D eigenvalue weighted by Crippen LogP contribution is 2.21. The van der Waals surface area contributed by atoms with E-state index in [-0.39, 0.29) is 16.8 Å². The van der Waals surface area contributed by atoms with Gasteiger partial charge in [0, 0.05) is 39.4 Å². The fourth-order valence-electron chi connectivity index (χ4n) is 2.37. The molecule has 20 heavy (non-hydrogen) atoms. The lowest BCUT2D eigenvalue weighted by molar-refractivity contribution is 0.0955. The molecule has 1 fully saturated rings. The normalized spacial score (nSPS) is 20.9. The summed E-state index contributed by atoms with van der Waals surface area (Å²) in [5, 5.41) is 2.49. The van der Waals surface area contributed by atoms with Crippen molar-refractivity contribution in [1.29, 1.82) is 0 Å². The summed E-state index contributed by atoms with van der Waals surface area (Å²) < 4.78 is 28.0. The molecule has 1 aliphatic rings. The predicted molar refractivity (Wildman–Crippen MR) is 74.8 cm³/mol. The minimum Gasteiger partial charge on any atom is -0.354 e. The molecule has 0 spiro atoms. The van der Waals surface area contributed by atoms with Crippen LogP contribution in [0.5, 0.6) is 0 Å². The van der Waals surface area contributed by atoms with Crippen LogP contribution in [0.4, 0.5) is 0 Å². The molecule has 2 heterocycles. The van der Waals surface area contributed by atoms with Crippen LogP contribution in [0.25, 0.3) is 0 Å². The van der Waals surface area contributed by atoms with Gasteiger partial charge in [0.25, 0.3) is 5.91 Å². The minimum absolute atomic E-state index is 0.124. The van der Waals surface area contributed by atoms with Gasteiger partial charge in [-0.25, -0.2) is 8.42 Å². The second-order valence-electron chi connectivity index (χ2n) is 5.02. The molecule has 1 aliphatic heterocycles. The average Bonchev–Trinajstić information content (AvgIpc) is 2.80. The van der Waals surface area contributed by atoms with Crippen LogP contribution in [0.2, 0.25) is 0 Å². The fourth-order valence-corrected chi connectivity index (χ4v) is 3.98. The van der Waals surface area contributed by atoms with Crippen LogP contribution < -0.4 is 11.1 Å². The molecule has 1 aromatic heterocycles. The number of nitrogens with zero attached hydrogens (tertiary/aromatic N) is 2. The second-order valence-corrected chi connectivity index (χ2v) is 6.95. The van der Waals surface area contributed by atoms with E-state index >= 15 is 0 Å². The topological polar surface area (TPSA) is 97.4 Å². The van der Waals surface area contributed by atoms with Crippen molar-refractivity contribution >= 4 is 15.9 Å². The Balaban J connectivity index is 2.32. The van der Waals surface area contributed by atoms with Crippen LogP contribution in [0.3, 0.4) is 0 Å². The molecule has 0 bridgehead atoms. The molecule has 1 amide bonds. The number of aromatic nitrogens is 1. The summed E-state index contributed by atoms with van der Waals surface area (Å²) in [5.74, 6) is -0.315. The van der Waals surface area contributed by atoms with Crippen molar-refractivity contribution in [2.24, 2.45) is 12.8 Å². The first kappa shape index (κ1) is 15.0. The zero-order chi connectivity index (χ0) is 14.9. The molecule has 0 saturated carbocycles. The summed E-state index contributed by atoms with van der Waals surface area (Å²) in [6.07, 6.45) is 3.06. The Morgan fingerprint density at radius 3 is 2.80 bits per heavy atom. The Morgan fingerprint density at radius 2 is 2.20 bits per heavy atom. The van der Waals surface area contributed by atoms with Gasteiger partial charge in [0.15, 0.2) is 0 Å². The number of nitrogens with two attached hydrogens (primary N) is 1. The quantitative estimate of drug-likeness (QED) is 0.786. The number of carbonyl (C=O) groups is 1. The Bertz CT molecular complexity index is 608. The third kappa shape index (κ3) is 2.72. The first-order valence-electron chi connectivity index (χ1n) is 6.50. The molecule has 0 radical (unpaired) electrons. The molecular weight excluding hydrogens is 280 g/mol. The number of aryl methyl sites for hydroxylation is 1. The maximum Gasteiger partial charge on any atom is 0.267 e. The average molecular weight is 300 g/mol. The lowest BCUT2D eigenvalue weighted by Crippen LogP contribution is -2.45. The third-order valence-corrected chi connectivity index (χ3v) is 5.33. The number of amides is 1. The van der Waals surface area contributed by atoms with Gasteiger partial charge in [-0.1, -0.05) is 0 Å². The lowest BCUT2D eigenvalue weighted by atomic mass is 10.1. The summed E-state index contributed by atoms with van der Waals surface area (Å²) >= 11 is 0. The molecule has 0 unspecified atom stereocenters. The van der Waals surface area contributed by atoms with Crippen LogP contribution in [-0.4, -0.2) is 49.4 Å². The minimum atomic E-state index is -3.59. The van der Waals surface area contributed by atoms with Crippen molar-refractivity contribution in [3.05, 3.63) is 18.0 Å². The highest BCUT2D eigenvalue weighted by atomic mass is 32.2. The van der Waals surface area contributed by atoms with Crippen LogP contribution >= 0.6 is 0 Å². The van der Waals surface area contributed by atoms with Gasteiger partial charge < -0.3 is 15.6 Å². The number of hydrogen-bond acceptors (Lipinski definition) is 4. The molecule has 1 atom stereocenters. The van der Waals surface area contributed by atoms with Crippen molar-refractivity contribution in [3.63, 3.8) is 0 Å². The fraction of sp³-hybridized carbons (Fsp3) is 0.583. The predicted octanol–water partition coefficient (Wildman–Crippen LogP) is -0.503. The molecular formula is C12H20N4O3S. The van der Waals surface area contributed by atoms with E-state index in [9.17, 15) is 13.2 Å². The van der Waals surface area contributed by atoms with Gasteiger partial charge in [0.1, 0.15) is 10.6 Å². The van der Waals surface area contributed by atoms with E-state index in [1.807, 2.05) is 0 Å². The van der Waals surface area contributed by atoms with E-state index in [0.717, 1.165) is 12.8 Å². The van der Waals surface area contributed by atoms with Gasteiger partial charge >= 0.3 is 0 Å². The Labute approximate surface area is 118 Å². The summed E-state index contributed by atoms with van der Waals surface area (Å²) in [6.45, 7) is 0.798. The van der Waals surface area contributed by atoms with E-state index in [4.69, 9.17) is 5.73 Å². The van der Waals surface area contributed by atoms with Crippen LogP contribution in [0.1, 0.15) is 23.3 Å². The van der Waals surface area contributed by atoms with Crippen molar-refractivity contribution in [3.8, 4) is 0 Å². The van der Waals surface area contributed by atoms with Gasteiger partial charge in [0.2, 0.25) is 10.0 Å². The number of nitrogens with one attached hydrogen (secondary N) is 1. The maximum atomic E-state index is 12.5. The van der Waals surface area contributed by atoms with E-state index in [1.165, 1.54) is 28.2 Å². The monoisotopic (exact) mass is 300 g/mol. The zero-order valence-electron chi connectivity index (χ0n) is 11.7. The molecule has 0 aromatic carbocycles. The summed E-state index contributed by atoms with van der Waals surface area (Å²) in [5.41, 5.74) is 6.14. The Kier molecular flexibility index (Phi) is 4.17. The van der Waals surface area contributed by atoms with E-state index < -0.39 is 10.0 Å². The van der Waals surface area contributed by atoms with Gasteiger partial charge in [-0.2, -0.15) is 4.31 Å². The standard InChI is InChI=1S/C12H20N4O3S/c1-14-12(17)11-6-10(8-15(11)2)20(18,19)16-5-3-4-9(13)7-16/h6,8-9H,3-5,7,13H2,1-2H3,(H,14,17)/t9-/m1/s1. The first-order chi connectivity index (χ1) is 9.36. The lowest BCUT2D eigenvalue weighted by Gasteiger charge is -2.29. The third-order valence-electron chi connectivity index (χ3n) is 3.50. The van der Waals surface area contributed by atoms with Crippen molar-refractivity contribution < 1.29 is 13.2 Å². The number of carbonyl (C=O) groups excluding carboxylic acids is 1. The second kappa shape index (κ2) is 5.55. The molecule has 1 aromatic rings. The van der Waals surface area contributed by atoms with Crippen LogP contribution in [-0.2, 0) is 17.1 Å². The molecule has 112 valence electrons. The Morgan fingerprint density at radius 1 is 1.50 bits per heavy atom. The zero-order valence-corrected chi connectivity index (χ0v) is 12.5. The highest BCUT2D eigenvalue weighted by molar-refractivity contribution is 7.89. The largest absolute Gasteiger partial charge is 0.354 e. The van der Waals surface area contributed by atoms with Gasteiger partial charge in [-0.3, -0.25) is 4.79 Å². The van der Waals surface area contributed by atoms with Crippen LogP contribution in [0, 0.1) is 0 Å². The number of sulfonamides is 1. The number of piperidine rings is 1. The van der Waals surface area contributed by atoms with Gasteiger partial charge in [0.05, 0.1) is 0 Å². The van der Waals surface area contributed by atoms with Crippen LogP contribution in [0.15, 0.2) is 17.2 Å². The van der Waals surface area contributed by atoms with Gasteiger partial charge in [-0.05, 0) is 18.9 Å². The molecule has 7 nitrogen and oxygen atoms in total. The molecule has 3 N–H and O–H groups in total. The molecule has 8 heteroatoms. The Hall–Kier alpha value is -1.38. The maximum absolute atomic E-state index is 12.5. The van der Waals surface area contributed by atoms with Crippen molar-refractivity contribution in [2.45, 2.75) is 23.8 Å². The summed E-state index contributed by atoms with van der Waals surface area (Å²) in [6, 6.07) is 1.27. The molecule has 2 rings (SSSR count). The molecule has 1 saturated heterocycles. The number of rotatable bonds is 3. The van der Waals surface area contributed by atoms with Gasteiger partial charge in [-0.15, -0.1) is 0 Å². The highest BCUT2D eigenvalue weighted by Gasteiger charge is 2.30. The number of hydrogen-bond donors (Lipinski definition) is 2. The van der Waals surface area contributed by atoms with E-state index in [1.54, 1.807) is 7.05 Å². The van der Waals surface area contributed by atoms with Crippen molar-refractivity contribution in [2.75, 3.05) is 20.1 Å². The van der Waals surface area contributed by atoms with E-state index in [0.29, 0.717) is 18.8 Å². The SMILES string of the molecule is CNC(=O)c1cc(S(=O)(=O)N2CCC[C@@H](N)C2)cn1C. The van der Waals surface area contributed by atoms with Crippen molar-refractivity contribution in [1.82, 2.24) is 14.2 Å².